The summed E-state index contributed by atoms with van der Waals surface area (Å²) in [6.07, 6.45) is 4.58. The van der Waals surface area contributed by atoms with E-state index in [9.17, 15) is 4.79 Å². The molecule has 1 amide bonds. The molecule has 0 heterocycles. The van der Waals surface area contributed by atoms with E-state index in [-0.39, 0.29) is 22.8 Å². The summed E-state index contributed by atoms with van der Waals surface area (Å²) in [5, 5.41) is 3.07. The molecule has 1 atom stereocenters. The molecule has 1 fully saturated rings. The molecule has 0 spiro atoms. The molecule has 16 heavy (non-hydrogen) atoms. The molecule has 1 aliphatic rings. The van der Waals surface area contributed by atoms with Crippen LogP contribution in [0.5, 0.6) is 0 Å². The lowest BCUT2D eigenvalue weighted by Crippen LogP contribution is -2.53. The fraction of sp³-hybridized carbons (Fsp3) is 0.923. The molecule has 1 unspecified atom stereocenters. The average molecular weight is 226 g/mol. The minimum atomic E-state index is -0.287. The summed E-state index contributed by atoms with van der Waals surface area (Å²) in [6, 6.07) is 0. The number of hydrogen-bond donors (Lipinski definition) is 2. The van der Waals surface area contributed by atoms with E-state index in [4.69, 9.17) is 5.73 Å². The third kappa shape index (κ3) is 3.21. The molecule has 0 aromatic carbocycles. The molecule has 0 radical (unpaired) electrons. The second-order valence-corrected chi connectivity index (χ2v) is 6.36. The molecule has 0 aromatic rings. The number of rotatable bonds is 3. The predicted octanol–water partition coefficient (Wildman–Crippen LogP) is 2.06. The van der Waals surface area contributed by atoms with Crippen molar-refractivity contribution >= 4 is 5.91 Å². The highest BCUT2D eigenvalue weighted by molar-refractivity contribution is 5.80. The first-order chi connectivity index (χ1) is 7.28. The lowest BCUT2D eigenvalue weighted by molar-refractivity contribution is -0.131. The number of hydrogen-bond acceptors (Lipinski definition) is 2. The first-order valence-corrected chi connectivity index (χ1v) is 6.31. The number of nitrogens with one attached hydrogen (secondary N) is 1. The minimum Gasteiger partial charge on any atom is -0.350 e. The van der Waals surface area contributed by atoms with E-state index in [0.29, 0.717) is 6.54 Å². The Morgan fingerprint density at radius 1 is 1.44 bits per heavy atom. The molecular weight excluding hydrogens is 200 g/mol. The van der Waals surface area contributed by atoms with Crippen molar-refractivity contribution in [2.24, 2.45) is 17.1 Å². The van der Waals surface area contributed by atoms with Crippen LogP contribution >= 0.6 is 0 Å². The van der Waals surface area contributed by atoms with Crippen LogP contribution in [-0.2, 0) is 4.79 Å². The van der Waals surface area contributed by atoms with Gasteiger partial charge >= 0.3 is 0 Å². The summed E-state index contributed by atoms with van der Waals surface area (Å²) in [5.41, 5.74) is 5.48. The van der Waals surface area contributed by atoms with Gasteiger partial charge in [-0.05, 0) is 32.1 Å². The van der Waals surface area contributed by atoms with Crippen molar-refractivity contribution in [2.75, 3.05) is 6.54 Å². The van der Waals surface area contributed by atoms with E-state index in [1.165, 1.54) is 12.8 Å². The monoisotopic (exact) mass is 226 g/mol. The smallest absolute Gasteiger partial charge is 0.224 e. The van der Waals surface area contributed by atoms with Gasteiger partial charge in [-0.2, -0.15) is 0 Å². The first kappa shape index (κ1) is 13.5. The molecule has 94 valence electrons. The van der Waals surface area contributed by atoms with Crippen molar-refractivity contribution < 1.29 is 4.79 Å². The minimum absolute atomic E-state index is 0.132. The number of nitrogens with two attached hydrogens (primary N) is 1. The molecule has 0 saturated heterocycles. The maximum absolute atomic E-state index is 12.2. The van der Waals surface area contributed by atoms with Gasteiger partial charge in [0, 0.05) is 18.0 Å². The highest BCUT2D eigenvalue weighted by Crippen LogP contribution is 2.40. The second-order valence-electron chi connectivity index (χ2n) is 6.36. The van der Waals surface area contributed by atoms with E-state index >= 15 is 0 Å². The maximum Gasteiger partial charge on any atom is 0.224 e. The van der Waals surface area contributed by atoms with Crippen molar-refractivity contribution in [3.05, 3.63) is 0 Å². The average Bonchev–Trinajstić information content (AvgIpc) is 2.16. The van der Waals surface area contributed by atoms with Gasteiger partial charge in [-0.1, -0.05) is 26.7 Å². The molecule has 0 aliphatic heterocycles. The molecule has 3 nitrogen and oxygen atoms in total. The van der Waals surface area contributed by atoms with Gasteiger partial charge in [-0.3, -0.25) is 4.79 Å². The van der Waals surface area contributed by atoms with Crippen LogP contribution in [0.15, 0.2) is 0 Å². The molecule has 3 heteroatoms. The topological polar surface area (TPSA) is 55.1 Å². The first-order valence-electron chi connectivity index (χ1n) is 6.31. The Hall–Kier alpha value is -0.570. The second kappa shape index (κ2) is 4.74. The van der Waals surface area contributed by atoms with Crippen molar-refractivity contribution in [2.45, 2.75) is 58.9 Å². The molecule has 1 aliphatic carbocycles. The lowest BCUT2D eigenvalue weighted by atomic mass is 9.68. The van der Waals surface area contributed by atoms with Gasteiger partial charge in [0.05, 0.1) is 0 Å². The zero-order chi connectivity index (χ0) is 12.4. The summed E-state index contributed by atoms with van der Waals surface area (Å²) >= 11 is 0. The Labute approximate surface area is 99.2 Å². The Morgan fingerprint density at radius 2 is 2.06 bits per heavy atom. The van der Waals surface area contributed by atoms with Gasteiger partial charge < -0.3 is 11.1 Å². The highest BCUT2D eigenvalue weighted by Gasteiger charge is 2.38. The summed E-state index contributed by atoms with van der Waals surface area (Å²) in [4.78, 5) is 12.2. The molecule has 1 rings (SSSR count). The van der Waals surface area contributed by atoms with E-state index in [0.717, 1.165) is 12.8 Å². The zero-order valence-corrected chi connectivity index (χ0v) is 11.1. The van der Waals surface area contributed by atoms with E-state index in [1.54, 1.807) is 0 Å². The zero-order valence-electron chi connectivity index (χ0n) is 11.1. The van der Waals surface area contributed by atoms with Crippen molar-refractivity contribution in [3.63, 3.8) is 0 Å². The van der Waals surface area contributed by atoms with E-state index in [1.807, 2.05) is 13.8 Å². The van der Waals surface area contributed by atoms with Crippen LogP contribution in [-0.4, -0.2) is 18.0 Å². The molecular formula is C13H26N2O. The number of amides is 1. The Balaban J connectivity index is 2.66. The SMILES string of the molecule is CC(C)(CN)NC(=O)C1CCCCC1(C)C. The number of carbonyl (C=O) groups is 1. The van der Waals surface area contributed by atoms with Crippen LogP contribution in [0.2, 0.25) is 0 Å². The summed E-state index contributed by atoms with van der Waals surface area (Å²) in [7, 11) is 0. The van der Waals surface area contributed by atoms with Crippen LogP contribution < -0.4 is 11.1 Å². The van der Waals surface area contributed by atoms with E-state index in [2.05, 4.69) is 19.2 Å². The summed E-state index contributed by atoms with van der Waals surface area (Å²) in [5.74, 6) is 0.326. The third-order valence-electron chi connectivity index (χ3n) is 3.80. The molecule has 0 bridgehead atoms. The molecule has 3 N–H and O–H groups in total. The Morgan fingerprint density at radius 3 is 2.56 bits per heavy atom. The van der Waals surface area contributed by atoms with Gasteiger partial charge in [0.1, 0.15) is 0 Å². The van der Waals surface area contributed by atoms with Crippen LogP contribution in [0.1, 0.15) is 53.4 Å². The van der Waals surface area contributed by atoms with Gasteiger partial charge in [0.15, 0.2) is 0 Å². The van der Waals surface area contributed by atoms with Gasteiger partial charge in [0.25, 0.3) is 0 Å². The maximum atomic E-state index is 12.2. The van der Waals surface area contributed by atoms with Crippen LogP contribution in [0, 0.1) is 11.3 Å². The third-order valence-corrected chi connectivity index (χ3v) is 3.80. The Kier molecular flexibility index (Phi) is 4.00. The van der Waals surface area contributed by atoms with Gasteiger partial charge in [-0.15, -0.1) is 0 Å². The fourth-order valence-corrected chi connectivity index (χ4v) is 2.45. The lowest BCUT2D eigenvalue weighted by Gasteiger charge is -2.39. The molecule has 0 aromatic heterocycles. The van der Waals surface area contributed by atoms with Crippen LogP contribution in [0.25, 0.3) is 0 Å². The van der Waals surface area contributed by atoms with Crippen LogP contribution in [0.4, 0.5) is 0 Å². The standard InChI is InChI=1S/C13H26N2O/c1-12(2)8-6-5-7-10(12)11(16)15-13(3,4)9-14/h10H,5-9,14H2,1-4H3,(H,15,16). The highest BCUT2D eigenvalue weighted by atomic mass is 16.2. The van der Waals surface area contributed by atoms with E-state index < -0.39 is 0 Å². The van der Waals surface area contributed by atoms with Crippen molar-refractivity contribution in [1.29, 1.82) is 0 Å². The van der Waals surface area contributed by atoms with Gasteiger partial charge in [-0.25, -0.2) is 0 Å². The summed E-state index contributed by atoms with van der Waals surface area (Å²) < 4.78 is 0. The van der Waals surface area contributed by atoms with Crippen LogP contribution in [0.3, 0.4) is 0 Å². The number of carbonyl (C=O) groups excluding carboxylic acids is 1. The molecule has 1 saturated carbocycles. The van der Waals surface area contributed by atoms with Crippen molar-refractivity contribution in [1.82, 2.24) is 5.32 Å². The summed E-state index contributed by atoms with van der Waals surface area (Å²) in [6.45, 7) is 8.82. The predicted molar refractivity (Wildman–Crippen MR) is 67.0 cm³/mol. The van der Waals surface area contributed by atoms with Gasteiger partial charge in [0.2, 0.25) is 5.91 Å². The normalized spacial score (nSPS) is 25.2. The quantitative estimate of drug-likeness (QED) is 0.774. The largest absolute Gasteiger partial charge is 0.350 e. The van der Waals surface area contributed by atoms with Crippen molar-refractivity contribution in [3.8, 4) is 0 Å². The fourth-order valence-electron chi connectivity index (χ4n) is 2.45. The Bertz CT molecular complexity index is 259.